The van der Waals surface area contributed by atoms with E-state index >= 15 is 0 Å². The van der Waals surface area contributed by atoms with Crippen LogP contribution in [0.5, 0.6) is 5.75 Å². The summed E-state index contributed by atoms with van der Waals surface area (Å²) in [7, 11) is 0. The molecule has 3 rings (SSSR count). The molecule has 0 amide bonds. The first-order valence-corrected chi connectivity index (χ1v) is 8.59. The lowest BCUT2D eigenvalue weighted by atomic mass is 9.83. The lowest BCUT2D eigenvalue weighted by Gasteiger charge is -2.42. The number of phenolic OH excluding ortho intramolecular Hbond substituents is 1. The van der Waals surface area contributed by atoms with Crippen LogP contribution in [0, 0.1) is 5.82 Å². The molecule has 25 heavy (non-hydrogen) atoms. The fourth-order valence-corrected chi connectivity index (χ4v) is 3.52. The van der Waals surface area contributed by atoms with Gasteiger partial charge in [0.25, 0.3) is 0 Å². The first-order chi connectivity index (χ1) is 11.9. The summed E-state index contributed by atoms with van der Waals surface area (Å²) in [6.45, 7) is 3.18. The molecule has 3 N–H and O–H groups in total. The van der Waals surface area contributed by atoms with E-state index in [4.69, 9.17) is 0 Å². The van der Waals surface area contributed by atoms with Gasteiger partial charge in [-0.15, -0.1) is 0 Å². The number of halogens is 1. The average molecular weight is 345 g/mol. The van der Waals surface area contributed by atoms with E-state index in [1.54, 1.807) is 0 Å². The molecule has 1 heterocycles. The highest BCUT2D eigenvalue weighted by molar-refractivity contribution is 5.30. The summed E-state index contributed by atoms with van der Waals surface area (Å²) in [5.41, 5.74) is 0.516. The van der Waals surface area contributed by atoms with Crippen LogP contribution in [-0.2, 0) is 5.60 Å². The molecule has 1 aliphatic heterocycles. The van der Waals surface area contributed by atoms with E-state index in [0.717, 1.165) is 5.56 Å². The minimum absolute atomic E-state index is 0.218. The summed E-state index contributed by atoms with van der Waals surface area (Å²) in [6.07, 6.45) is 0.300. The van der Waals surface area contributed by atoms with Crippen molar-refractivity contribution in [3.63, 3.8) is 0 Å². The highest BCUT2D eigenvalue weighted by atomic mass is 19.1. The lowest BCUT2D eigenvalue weighted by molar-refractivity contribution is -0.0502. The van der Waals surface area contributed by atoms with Crippen molar-refractivity contribution < 1.29 is 19.7 Å². The van der Waals surface area contributed by atoms with Crippen LogP contribution in [0.2, 0.25) is 0 Å². The zero-order chi connectivity index (χ0) is 18.0. The molecule has 2 aromatic carbocycles. The summed E-state index contributed by atoms with van der Waals surface area (Å²) in [5.74, 6) is -1.16. The molecule has 1 saturated heterocycles. The second-order valence-corrected chi connectivity index (χ2v) is 6.83. The standard InChI is InChI=1S/C20H24FNO3/c1-14(19(24)15-7-8-18(23)17(21)13-15)22-11-9-20(25,10-12-22)16-5-3-2-4-6-16/h2-8,13-14,19,23-25H,9-12H2,1H3/t14-,19+/m1/s1. The number of piperidine rings is 1. The number of phenols is 1. The van der Waals surface area contributed by atoms with Crippen molar-refractivity contribution in [1.82, 2.24) is 4.90 Å². The quantitative estimate of drug-likeness (QED) is 0.797. The molecule has 2 aromatic rings. The molecular weight excluding hydrogens is 321 g/mol. The second-order valence-electron chi connectivity index (χ2n) is 6.83. The Hall–Kier alpha value is -1.95. The second kappa shape index (κ2) is 7.12. The smallest absolute Gasteiger partial charge is 0.165 e. The maximum atomic E-state index is 13.5. The number of aliphatic hydroxyl groups is 2. The lowest BCUT2D eigenvalue weighted by Crippen LogP contribution is -2.47. The van der Waals surface area contributed by atoms with E-state index in [0.29, 0.717) is 31.5 Å². The van der Waals surface area contributed by atoms with Crippen molar-refractivity contribution >= 4 is 0 Å². The maximum Gasteiger partial charge on any atom is 0.165 e. The fraction of sp³-hybridized carbons (Fsp3) is 0.400. The number of nitrogens with zero attached hydrogens (tertiary/aromatic N) is 1. The van der Waals surface area contributed by atoms with Gasteiger partial charge in [-0.3, -0.25) is 4.90 Å². The summed E-state index contributed by atoms with van der Waals surface area (Å²) >= 11 is 0. The van der Waals surface area contributed by atoms with Crippen molar-refractivity contribution in [1.29, 1.82) is 0 Å². The Labute approximate surface area is 147 Å². The predicted molar refractivity (Wildman–Crippen MR) is 93.6 cm³/mol. The van der Waals surface area contributed by atoms with Crippen molar-refractivity contribution in [2.75, 3.05) is 13.1 Å². The number of rotatable bonds is 4. The van der Waals surface area contributed by atoms with Gasteiger partial charge >= 0.3 is 0 Å². The van der Waals surface area contributed by atoms with Gasteiger partial charge < -0.3 is 15.3 Å². The third-order valence-corrected chi connectivity index (χ3v) is 5.28. The van der Waals surface area contributed by atoms with Gasteiger partial charge in [-0.05, 0) is 43.0 Å². The molecule has 134 valence electrons. The average Bonchev–Trinajstić information content (AvgIpc) is 2.64. The van der Waals surface area contributed by atoms with Crippen molar-refractivity contribution in [3.05, 3.63) is 65.5 Å². The molecular formula is C20H24FNO3. The summed E-state index contributed by atoms with van der Waals surface area (Å²) < 4.78 is 13.5. The Balaban J connectivity index is 1.66. The number of likely N-dealkylation sites (tertiary alicyclic amines) is 1. The Morgan fingerprint density at radius 1 is 1.08 bits per heavy atom. The molecule has 0 aromatic heterocycles. The molecule has 2 atom stereocenters. The van der Waals surface area contributed by atoms with Crippen molar-refractivity contribution in [3.8, 4) is 5.75 Å². The molecule has 4 nitrogen and oxygen atoms in total. The van der Waals surface area contributed by atoms with Crippen molar-refractivity contribution in [2.24, 2.45) is 0 Å². The monoisotopic (exact) mass is 345 g/mol. The zero-order valence-electron chi connectivity index (χ0n) is 14.3. The Kier molecular flexibility index (Phi) is 5.08. The highest BCUT2D eigenvalue weighted by Gasteiger charge is 2.36. The molecule has 0 bridgehead atoms. The fourth-order valence-electron chi connectivity index (χ4n) is 3.52. The predicted octanol–water partition coefficient (Wildman–Crippen LogP) is 2.94. The topological polar surface area (TPSA) is 63.9 Å². The Morgan fingerprint density at radius 3 is 2.32 bits per heavy atom. The molecule has 0 spiro atoms. The first kappa shape index (κ1) is 17.9. The summed E-state index contributed by atoms with van der Waals surface area (Å²) in [5, 5.41) is 30.7. The van der Waals surface area contributed by atoms with Crippen LogP contribution in [0.25, 0.3) is 0 Å². The van der Waals surface area contributed by atoms with Gasteiger partial charge in [0.1, 0.15) is 0 Å². The summed E-state index contributed by atoms with van der Waals surface area (Å²) in [6, 6.07) is 13.4. The molecule has 5 heteroatoms. The minimum Gasteiger partial charge on any atom is -0.505 e. The minimum atomic E-state index is -0.863. The van der Waals surface area contributed by atoms with E-state index < -0.39 is 23.3 Å². The van der Waals surface area contributed by atoms with Crippen LogP contribution < -0.4 is 0 Å². The van der Waals surface area contributed by atoms with E-state index in [1.807, 2.05) is 37.3 Å². The SMILES string of the molecule is C[C@H]([C@H](O)c1ccc(O)c(F)c1)N1CCC(O)(c2ccccc2)CC1. The molecule has 0 unspecified atom stereocenters. The number of hydrogen-bond donors (Lipinski definition) is 3. The van der Waals surface area contributed by atoms with Gasteiger partial charge in [-0.1, -0.05) is 36.4 Å². The first-order valence-electron chi connectivity index (χ1n) is 8.59. The third-order valence-electron chi connectivity index (χ3n) is 5.28. The van der Waals surface area contributed by atoms with E-state index in [-0.39, 0.29) is 6.04 Å². The molecule has 0 saturated carbocycles. The number of hydrogen-bond acceptors (Lipinski definition) is 4. The summed E-state index contributed by atoms with van der Waals surface area (Å²) in [4.78, 5) is 2.10. The van der Waals surface area contributed by atoms with Crippen LogP contribution in [0.4, 0.5) is 4.39 Å². The van der Waals surface area contributed by atoms with Gasteiger partial charge in [0.15, 0.2) is 11.6 Å². The van der Waals surface area contributed by atoms with E-state index in [9.17, 15) is 19.7 Å². The molecule has 0 aliphatic carbocycles. The van der Waals surface area contributed by atoms with Crippen LogP contribution in [0.15, 0.2) is 48.5 Å². The molecule has 0 radical (unpaired) electrons. The van der Waals surface area contributed by atoms with Gasteiger partial charge in [0, 0.05) is 19.1 Å². The van der Waals surface area contributed by atoms with Gasteiger partial charge in [0.2, 0.25) is 0 Å². The van der Waals surface area contributed by atoms with E-state index in [1.165, 1.54) is 18.2 Å². The number of benzene rings is 2. The third kappa shape index (κ3) is 3.68. The van der Waals surface area contributed by atoms with Crippen molar-refractivity contribution in [2.45, 2.75) is 37.5 Å². The zero-order valence-corrected chi connectivity index (χ0v) is 14.3. The van der Waals surface area contributed by atoms with Crippen LogP contribution in [0.1, 0.15) is 37.0 Å². The van der Waals surface area contributed by atoms with Gasteiger partial charge in [-0.25, -0.2) is 4.39 Å². The van der Waals surface area contributed by atoms with Crippen LogP contribution in [-0.4, -0.2) is 39.4 Å². The van der Waals surface area contributed by atoms with Gasteiger partial charge in [-0.2, -0.15) is 0 Å². The number of aliphatic hydroxyl groups excluding tert-OH is 1. The number of aromatic hydroxyl groups is 1. The Bertz CT molecular complexity index is 714. The van der Waals surface area contributed by atoms with Crippen LogP contribution >= 0.6 is 0 Å². The maximum absolute atomic E-state index is 13.5. The molecule has 1 fully saturated rings. The van der Waals surface area contributed by atoms with Gasteiger partial charge in [0.05, 0.1) is 11.7 Å². The largest absolute Gasteiger partial charge is 0.505 e. The van der Waals surface area contributed by atoms with E-state index in [2.05, 4.69) is 4.90 Å². The van der Waals surface area contributed by atoms with Crippen LogP contribution in [0.3, 0.4) is 0 Å². The molecule has 1 aliphatic rings. The normalized spacial score (nSPS) is 20.2. The highest BCUT2D eigenvalue weighted by Crippen LogP contribution is 2.35. The Morgan fingerprint density at radius 2 is 1.72 bits per heavy atom.